The zero-order valence-corrected chi connectivity index (χ0v) is 11.9. The molecule has 1 aliphatic rings. The molecular weight excluding hydrogens is 259 g/mol. The molecule has 1 saturated heterocycles. The third-order valence-electron chi connectivity index (χ3n) is 3.98. The van der Waals surface area contributed by atoms with Crippen molar-refractivity contribution in [3.8, 4) is 0 Å². The Morgan fingerprint density at radius 1 is 1.35 bits per heavy atom. The highest BCUT2D eigenvalue weighted by Gasteiger charge is 2.45. The van der Waals surface area contributed by atoms with Crippen molar-refractivity contribution in [2.75, 3.05) is 0 Å². The van der Waals surface area contributed by atoms with E-state index in [0.717, 1.165) is 0 Å². The minimum atomic E-state index is -0.908. The summed E-state index contributed by atoms with van der Waals surface area (Å²) in [4.78, 5) is 26.0. The fourth-order valence-electron chi connectivity index (χ4n) is 2.32. The summed E-state index contributed by atoms with van der Waals surface area (Å²) in [6, 6.07) is 5.71. The highest BCUT2D eigenvalue weighted by Crippen LogP contribution is 2.23. The summed E-state index contributed by atoms with van der Waals surface area (Å²) in [7, 11) is 0. The molecule has 2 amide bonds. The normalized spacial score (nSPS) is 26.6. The summed E-state index contributed by atoms with van der Waals surface area (Å²) in [6.45, 7) is 5.31. The van der Waals surface area contributed by atoms with Gasteiger partial charge >= 0.3 is 0 Å². The summed E-state index contributed by atoms with van der Waals surface area (Å²) in [5, 5.41) is 2.75. The Morgan fingerprint density at radius 2 is 2.00 bits per heavy atom. The summed E-state index contributed by atoms with van der Waals surface area (Å²) in [5.41, 5.74) is -0.490. The minimum Gasteiger partial charge on any atom is -0.340 e. The first-order valence-corrected chi connectivity index (χ1v) is 6.75. The Morgan fingerprint density at radius 3 is 2.60 bits per heavy atom. The molecule has 0 saturated carbocycles. The molecule has 2 rings (SSSR count). The Hall–Kier alpha value is -1.91. The van der Waals surface area contributed by atoms with E-state index in [1.54, 1.807) is 32.0 Å². The zero-order chi connectivity index (χ0) is 14.9. The van der Waals surface area contributed by atoms with E-state index in [1.165, 1.54) is 11.0 Å². The van der Waals surface area contributed by atoms with Gasteiger partial charge in [-0.05, 0) is 26.3 Å². The van der Waals surface area contributed by atoms with Gasteiger partial charge in [0.1, 0.15) is 17.4 Å². The van der Waals surface area contributed by atoms with Gasteiger partial charge in [0.2, 0.25) is 11.8 Å². The largest absolute Gasteiger partial charge is 0.340 e. The van der Waals surface area contributed by atoms with Crippen molar-refractivity contribution in [2.24, 2.45) is 0 Å². The van der Waals surface area contributed by atoms with Crippen LogP contribution in [0.3, 0.4) is 0 Å². The van der Waals surface area contributed by atoms with Gasteiger partial charge in [-0.2, -0.15) is 0 Å². The van der Waals surface area contributed by atoms with E-state index in [2.05, 4.69) is 5.32 Å². The summed E-state index contributed by atoms with van der Waals surface area (Å²) < 4.78 is 13.7. The molecule has 4 nitrogen and oxygen atoms in total. The lowest BCUT2D eigenvalue weighted by Gasteiger charge is -2.43. The Kier molecular flexibility index (Phi) is 3.79. The van der Waals surface area contributed by atoms with Crippen LogP contribution >= 0.6 is 0 Å². The average molecular weight is 278 g/mol. The van der Waals surface area contributed by atoms with E-state index >= 15 is 0 Å². The number of halogens is 1. The predicted molar refractivity (Wildman–Crippen MR) is 73.3 cm³/mol. The van der Waals surface area contributed by atoms with Crippen molar-refractivity contribution in [3.63, 3.8) is 0 Å². The van der Waals surface area contributed by atoms with Crippen molar-refractivity contribution in [3.05, 3.63) is 35.6 Å². The van der Waals surface area contributed by atoms with Crippen LogP contribution in [-0.2, 0) is 16.1 Å². The van der Waals surface area contributed by atoms with Crippen LogP contribution in [0, 0.1) is 5.82 Å². The first-order chi connectivity index (χ1) is 9.39. The average Bonchev–Trinajstić information content (AvgIpc) is 2.43. The SMILES string of the molecule is CCC1(C)NC(=O)C(C)N(Cc2ccccc2F)C1=O. The van der Waals surface area contributed by atoms with Crippen molar-refractivity contribution in [1.82, 2.24) is 10.2 Å². The number of amides is 2. The van der Waals surface area contributed by atoms with Gasteiger partial charge in [-0.15, -0.1) is 0 Å². The molecule has 2 unspecified atom stereocenters. The lowest BCUT2D eigenvalue weighted by Crippen LogP contribution is -2.68. The molecule has 0 bridgehead atoms. The summed E-state index contributed by atoms with van der Waals surface area (Å²) in [6.07, 6.45) is 0.498. The van der Waals surface area contributed by atoms with E-state index in [0.29, 0.717) is 12.0 Å². The first kappa shape index (κ1) is 14.5. The molecule has 0 spiro atoms. The molecule has 1 heterocycles. The molecular formula is C15H19FN2O2. The van der Waals surface area contributed by atoms with Crippen LogP contribution in [0.15, 0.2) is 24.3 Å². The molecule has 20 heavy (non-hydrogen) atoms. The van der Waals surface area contributed by atoms with Gasteiger partial charge in [0.05, 0.1) is 0 Å². The quantitative estimate of drug-likeness (QED) is 0.917. The standard InChI is InChI=1S/C15H19FN2O2/c1-4-15(3)14(20)18(10(2)13(19)17-15)9-11-7-5-6-8-12(11)16/h5-8,10H,4,9H2,1-3H3,(H,17,19). The summed E-state index contributed by atoms with van der Waals surface area (Å²) >= 11 is 0. The van der Waals surface area contributed by atoms with Gasteiger partial charge in [0.15, 0.2) is 0 Å². The Labute approximate surface area is 118 Å². The zero-order valence-electron chi connectivity index (χ0n) is 11.9. The highest BCUT2D eigenvalue weighted by atomic mass is 19.1. The second-order valence-corrected chi connectivity index (χ2v) is 5.38. The number of hydrogen-bond donors (Lipinski definition) is 1. The van der Waals surface area contributed by atoms with Crippen LogP contribution in [0.4, 0.5) is 4.39 Å². The van der Waals surface area contributed by atoms with E-state index in [1.807, 2.05) is 6.92 Å². The predicted octanol–water partition coefficient (Wildman–Crippen LogP) is 1.84. The van der Waals surface area contributed by atoms with E-state index < -0.39 is 11.6 Å². The first-order valence-electron chi connectivity index (χ1n) is 6.75. The maximum atomic E-state index is 13.7. The van der Waals surface area contributed by atoms with Crippen LogP contribution in [0.2, 0.25) is 0 Å². The number of nitrogens with zero attached hydrogens (tertiary/aromatic N) is 1. The smallest absolute Gasteiger partial charge is 0.249 e. The molecule has 1 aliphatic heterocycles. The number of nitrogens with one attached hydrogen (secondary N) is 1. The molecule has 1 aromatic carbocycles. The molecule has 5 heteroatoms. The molecule has 2 atom stereocenters. The van der Waals surface area contributed by atoms with Gasteiger partial charge < -0.3 is 10.2 Å². The molecule has 1 fully saturated rings. The van der Waals surface area contributed by atoms with Gasteiger partial charge in [-0.3, -0.25) is 9.59 Å². The number of benzene rings is 1. The van der Waals surface area contributed by atoms with Gasteiger partial charge in [0, 0.05) is 12.1 Å². The number of carbonyl (C=O) groups is 2. The van der Waals surface area contributed by atoms with Crippen LogP contribution in [0.1, 0.15) is 32.8 Å². The summed E-state index contributed by atoms with van der Waals surface area (Å²) in [5.74, 6) is -0.739. The highest BCUT2D eigenvalue weighted by molar-refractivity contribution is 5.99. The second kappa shape index (κ2) is 5.23. The Bertz CT molecular complexity index is 546. The molecule has 0 aromatic heterocycles. The van der Waals surface area contributed by atoms with E-state index in [4.69, 9.17) is 0 Å². The van der Waals surface area contributed by atoms with Crippen molar-refractivity contribution >= 4 is 11.8 Å². The number of hydrogen-bond acceptors (Lipinski definition) is 2. The molecule has 0 radical (unpaired) electrons. The Balaban J connectivity index is 2.31. The minimum absolute atomic E-state index is 0.107. The van der Waals surface area contributed by atoms with Crippen molar-refractivity contribution in [1.29, 1.82) is 0 Å². The number of carbonyl (C=O) groups excluding carboxylic acids is 2. The van der Waals surface area contributed by atoms with Crippen LogP contribution < -0.4 is 5.32 Å². The van der Waals surface area contributed by atoms with E-state index in [-0.39, 0.29) is 24.2 Å². The van der Waals surface area contributed by atoms with Gasteiger partial charge in [-0.25, -0.2) is 4.39 Å². The topological polar surface area (TPSA) is 49.4 Å². The lowest BCUT2D eigenvalue weighted by atomic mass is 9.92. The van der Waals surface area contributed by atoms with Crippen LogP contribution in [0.5, 0.6) is 0 Å². The fraction of sp³-hybridized carbons (Fsp3) is 0.467. The second-order valence-electron chi connectivity index (χ2n) is 5.38. The molecule has 1 aromatic rings. The van der Waals surface area contributed by atoms with Gasteiger partial charge in [0.25, 0.3) is 0 Å². The lowest BCUT2D eigenvalue weighted by molar-refractivity contribution is -0.154. The maximum Gasteiger partial charge on any atom is 0.249 e. The van der Waals surface area contributed by atoms with E-state index in [9.17, 15) is 14.0 Å². The van der Waals surface area contributed by atoms with Crippen LogP contribution in [-0.4, -0.2) is 28.3 Å². The molecule has 108 valence electrons. The molecule has 1 N–H and O–H groups in total. The number of rotatable bonds is 3. The number of piperazine rings is 1. The molecule has 0 aliphatic carbocycles. The maximum absolute atomic E-state index is 13.7. The van der Waals surface area contributed by atoms with Gasteiger partial charge in [-0.1, -0.05) is 25.1 Å². The van der Waals surface area contributed by atoms with Crippen molar-refractivity contribution < 1.29 is 14.0 Å². The van der Waals surface area contributed by atoms with Crippen molar-refractivity contribution in [2.45, 2.75) is 45.3 Å². The third-order valence-corrected chi connectivity index (χ3v) is 3.98. The monoisotopic (exact) mass is 278 g/mol. The fourth-order valence-corrected chi connectivity index (χ4v) is 2.32. The van der Waals surface area contributed by atoms with Crippen LogP contribution in [0.25, 0.3) is 0 Å². The third kappa shape index (κ3) is 2.40.